The first-order chi connectivity index (χ1) is 12.7. The standard InChI is InChI=1S/C18H21FN4O3/c19-18(17-21-15(22-26-17)13-2-7-20-8-3-13)6-1-9-23(12-18)16(24)14-4-10-25-11-5-14/h2-3,7-8,14H,1,4-6,9-12H2. The molecule has 26 heavy (non-hydrogen) atoms. The lowest BCUT2D eigenvalue weighted by Crippen LogP contribution is -2.49. The first-order valence-electron chi connectivity index (χ1n) is 8.96. The van der Waals surface area contributed by atoms with Crippen LogP contribution in [-0.4, -0.2) is 52.2 Å². The fourth-order valence-corrected chi connectivity index (χ4v) is 3.60. The molecule has 0 radical (unpaired) electrons. The van der Waals surface area contributed by atoms with E-state index in [-0.39, 0.29) is 30.7 Å². The lowest BCUT2D eigenvalue weighted by atomic mass is 9.91. The maximum Gasteiger partial charge on any atom is 0.266 e. The molecular formula is C18H21FN4O3. The minimum Gasteiger partial charge on any atom is -0.381 e. The Kier molecular flexibility index (Phi) is 4.67. The van der Waals surface area contributed by atoms with Gasteiger partial charge in [-0.1, -0.05) is 5.16 Å². The summed E-state index contributed by atoms with van der Waals surface area (Å²) in [5, 5.41) is 3.89. The average molecular weight is 360 g/mol. The summed E-state index contributed by atoms with van der Waals surface area (Å²) in [5.41, 5.74) is -1.10. The van der Waals surface area contributed by atoms with E-state index in [4.69, 9.17) is 9.26 Å². The van der Waals surface area contributed by atoms with Gasteiger partial charge in [-0.2, -0.15) is 4.98 Å². The average Bonchev–Trinajstić information content (AvgIpc) is 3.20. The molecule has 1 unspecified atom stereocenters. The van der Waals surface area contributed by atoms with Crippen LogP contribution in [0.25, 0.3) is 11.4 Å². The quantitative estimate of drug-likeness (QED) is 0.836. The number of aromatic nitrogens is 3. The van der Waals surface area contributed by atoms with Gasteiger partial charge in [-0.25, -0.2) is 4.39 Å². The molecular weight excluding hydrogens is 339 g/mol. The van der Waals surface area contributed by atoms with E-state index in [1.54, 1.807) is 29.4 Å². The highest BCUT2D eigenvalue weighted by Gasteiger charge is 2.44. The Morgan fingerprint density at radius 2 is 2.04 bits per heavy atom. The molecule has 0 aliphatic carbocycles. The van der Waals surface area contributed by atoms with Crippen LogP contribution in [-0.2, 0) is 15.2 Å². The number of ether oxygens (including phenoxy) is 1. The predicted molar refractivity (Wildman–Crippen MR) is 89.7 cm³/mol. The summed E-state index contributed by atoms with van der Waals surface area (Å²) in [6.07, 6.45) is 5.46. The highest BCUT2D eigenvalue weighted by atomic mass is 19.1. The number of likely N-dealkylation sites (tertiary alicyclic amines) is 1. The molecule has 4 rings (SSSR count). The molecule has 0 saturated carbocycles. The molecule has 138 valence electrons. The molecule has 2 aliphatic rings. The molecule has 0 N–H and O–H groups in total. The van der Waals surface area contributed by atoms with Gasteiger partial charge in [0, 0.05) is 43.6 Å². The smallest absolute Gasteiger partial charge is 0.266 e. The molecule has 0 spiro atoms. The van der Waals surface area contributed by atoms with Gasteiger partial charge in [0.05, 0.1) is 6.54 Å². The van der Waals surface area contributed by atoms with Crippen molar-refractivity contribution >= 4 is 5.91 Å². The fourth-order valence-electron chi connectivity index (χ4n) is 3.60. The third kappa shape index (κ3) is 3.33. The number of piperidine rings is 1. The number of nitrogens with zero attached hydrogens (tertiary/aromatic N) is 4. The zero-order chi connectivity index (χ0) is 18.0. The molecule has 2 fully saturated rings. The second-order valence-corrected chi connectivity index (χ2v) is 6.87. The molecule has 8 heteroatoms. The third-order valence-corrected chi connectivity index (χ3v) is 5.07. The van der Waals surface area contributed by atoms with E-state index in [0.717, 1.165) is 0 Å². The van der Waals surface area contributed by atoms with Gasteiger partial charge in [0.1, 0.15) is 0 Å². The summed E-state index contributed by atoms with van der Waals surface area (Å²) in [5.74, 6) is 0.186. The molecule has 2 aromatic rings. The summed E-state index contributed by atoms with van der Waals surface area (Å²) in [4.78, 5) is 22.5. The van der Waals surface area contributed by atoms with Gasteiger partial charge in [-0.15, -0.1) is 0 Å². The summed E-state index contributed by atoms with van der Waals surface area (Å²) >= 11 is 0. The van der Waals surface area contributed by atoms with Crippen LogP contribution < -0.4 is 0 Å². The molecule has 1 amide bonds. The largest absolute Gasteiger partial charge is 0.381 e. The molecule has 1 atom stereocenters. The Balaban J connectivity index is 1.51. The van der Waals surface area contributed by atoms with Crippen LogP contribution in [0.2, 0.25) is 0 Å². The summed E-state index contributed by atoms with van der Waals surface area (Å²) in [6, 6.07) is 3.47. The van der Waals surface area contributed by atoms with Gasteiger partial charge in [0.2, 0.25) is 17.4 Å². The molecule has 2 aromatic heterocycles. The van der Waals surface area contributed by atoms with Gasteiger partial charge >= 0.3 is 0 Å². The number of hydrogen-bond donors (Lipinski definition) is 0. The van der Waals surface area contributed by atoms with Gasteiger partial charge in [0.15, 0.2) is 0 Å². The van der Waals surface area contributed by atoms with Gasteiger partial charge in [0.25, 0.3) is 5.89 Å². The monoisotopic (exact) mass is 360 g/mol. The highest BCUT2D eigenvalue weighted by Crippen LogP contribution is 2.36. The van der Waals surface area contributed by atoms with E-state index in [1.165, 1.54) is 0 Å². The molecule has 7 nitrogen and oxygen atoms in total. The normalized spacial score (nSPS) is 24.6. The summed E-state index contributed by atoms with van der Waals surface area (Å²) in [7, 11) is 0. The van der Waals surface area contributed by atoms with Crippen LogP contribution in [0.1, 0.15) is 31.6 Å². The van der Waals surface area contributed by atoms with Gasteiger partial charge in [-0.05, 0) is 37.8 Å². The van der Waals surface area contributed by atoms with E-state index in [1.807, 2.05) is 0 Å². The van der Waals surface area contributed by atoms with Crippen LogP contribution in [0.3, 0.4) is 0 Å². The van der Waals surface area contributed by atoms with Crippen molar-refractivity contribution in [2.75, 3.05) is 26.3 Å². The van der Waals surface area contributed by atoms with Crippen molar-refractivity contribution < 1.29 is 18.4 Å². The summed E-state index contributed by atoms with van der Waals surface area (Å²) < 4.78 is 26.1. The number of amides is 1. The van der Waals surface area contributed by atoms with Gasteiger partial charge in [-0.3, -0.25) is 9.78 Å². The zero-order valence-corrected chi connectivity index (χ0v) is 14.4. The van der Waals surface area contributed by atoms with Crippen molar-refractivity contribution in [1.29, 1.82) is 0 Å². The maximum absolute atomic E-state index is 15.6. The Morgan fingerprint density at radius 1 is 1.27 bits per heavy atom. The van der Waals surface area contributed by atoms with Crippen molar-refractivity contribution in [3.63, 3.8) is 0 Å². The van der Waals surface area contributed by atoms with Crippen LogP contribution in [0.5, 0.6) is 0 Å². The number of carbonyl (C=O) groups is 1. The molecule has 0 aromatic carbocycles. The molecule has 0 bridgehead atoms. The SMILES string of the molecule is O=C(C1CCOCC1)N1CCCC(F)(c2nc(-c3ccncc3)no2)C1. The number of rotatable bonds is 3. The first kappa shape index (κ1) is 17.1. The van der Waals surface area contributed by atoms with E-state index in [9.17, 15) is 4.79 Å². The second-order valence-electron chi connectivity index (χ2n) is 6.87. The van der Waals surface area contributed by atoms with Crippen LogP contribution in [0, 0.1) is 5.92 Å². The van der Waals surface area contributed by atoms with Crippen molar-refractivity contribution in [1.82, 2.24) is 20.0 Å². The number of hydrogen-bond acceptors (Lipinski definition) is 6. The number of halogens is 1. The maximum atomic E-state index is 15.6. The molecule has 4 heterocycles. The fraction of sp³-hybridized carbons (Fsp3) is 0.556. The number of alkyl halides is 1. The van der Waals surface area contributed by atoms with Crippen molar-refractivity contribution in [3.05, 3.63) is 30.4 Å². The lowest BCUT2D eigenvalue weighted by Gasteiger charge is -2.37. The van der Waals surface area contributed by atoms with Crippen molar-refractivity contribution in [2.45, 2.75) is 31.4 Å². The van der Waals surface area contributed by atoms with Gasteiger partial charge < -0.3 is 14.2 Å². The van der Waals surface area contributed by atoms with Crippen LogP contribution in [0.15, 0.2) is 29.0 Å². The Morgan fingerprint density at radius 3 is 2.81 bits per heavy atom. The van der Waals surface area contributed by atoms with E-state index in [0.29, 0.717) is 50.4 Å². The summed E-state index contributed by atoms with van der Waals surface area (Å²) in [6.45, 7) is 1.70. The second kappa shape index (κ2) is 7.11. The zero-order valence-electron chi connectivity index (χ0n) is 14.4. The number of pyridine rings is 1. The van der Waals surface area contributed by atoms with Crippen LogP contribution >= 0.6 is 0 Å². The van der Waals surface area contributed by atoms with Crippen LogP contribution in [0.4, 0.5) is 4.39 Å². The molecule has 2 aliphatic heterocycles. The van der Waals surface area contributed by atoms with E-state index < -0.39 is 5.67 Å². The molecule has 2 saturated heterocycles. The third-order valence-electron chi connectivity index (χ3n) is 5.07. The highest BCUT2D eigenvalue weighted by molar-refractivity contribution is 5.79. The Hall–Kier alpha value is -2.35. The first-order valence-corrected chi connectivity index (χ1v) is 8.96. The predicted octanol–water partition coefficient (Wildman–Crippen LogP) is 2.35. The van der Waals surface area contributed by atoms with E-state index in [2.05, 4.69) is 15.1 Å². The van der Waals surface area contributed by atoms with Crippen molar-refractivity contribution in [2.24, 2.45) is 5.92 Å². The lowest BCUT2D eigenvalue weighted by molar-refractivity contribution is -0.143. The van der Waals surface area contributed by atoms with Crippen molar-refractivity contribution in [3.8, 4) is 11.4 Å². The minimum absolute atomic E-state index is 0.00361. The Labute approximate surface area is 150 Å². The number of carbonyl (C=O) groups excluding carboxylic acids is 1. The Bertz CT molecular complexity index is 763. The topological polar surface area (TPSA) is 81.4 Å². The van der Waals surface area contributed by atoms with E-state index >= 15 is 4.39 Å². The minimum atomic E-state index is -1.81.